The van der Waals surface area contributed by atoms with Crippen LogP contribution in [0.25, 0.3) is 0 Å². The van der Waals surface area contributed by atoms with Crippen LogP contribution in [-0.4, -0.2) is 52.3 Å². The molecule has 1 amide bonds. The van der Waals surface area contributed by atoms with E-state index < -0.39 is 0 Å². The van der Waals surface area contributed by atoms with Gasteiger partial charge in [-0.3, -0.25) is 9.78 Å². The zero-order chi connectivity index (χ0) is 19.2. The average molecular weight is 375 g/mol. The summed E-state index contributed by atoms with van der Waals surface area (Å²) in [5, 5.41) is 11.2. The molecule has 0 aromatic carbocycles. The number of nitrogens with one attached hydrogen (secondary N) is 1. The molecule has 0 aliphatic carbocycles. The first-order valence-electron chi connectivity index (χ1n) is 9.21. The molecule has 0 saturated carbocycles. The number of aromatic nitrogens is 4. The maximum absolute atomic E-state index is 12.2. The second kappa shape index (κ2) is 8.43. The molecule has 1 aliphatic heterocycles. The van der Waals surface area contributed by atoms with Crippen molar-refractivity contribution in [3.8, 4) is 0 Å². The van der Waals surface area contributed by atoms with Gasteiger partial charge in [-0.25, -0.2) is 4.98 Å². The SMILES string of the molecule is O=C(NCc1cccnc1)c1ccc(N2CCN(c3ccccn3)CC2)nn1. The van der Waals surface area contributed by atoms with Gasteiger partial charge in [0.2, 0.25) is 0 Å². The Morgan fingerprint density at radius 3 is 2.36 bits per heavy atom. The van der Waals surface area contributed by atoms with Crippen LogP contribution in [0.2, 0.25) is 0 Å². The summed E-state index contributed by atoms with van der Waals surface area (Å²) in [5.74, 6) is 1.53. The van der Waals surface area contributed by atoms with Crippen LogP contribution >= 0.6 is 0 Å². The Hall–Kier alpha value is -3.55. The molecule has 0 unspecified atom stereocenters. The minimum atomic E-state index is -0.247. The second-order valence-electron chi connectivity index (χ2n) is 6.48. The van der Waals surface area contributed by atoms with Crippen molar-refractivity contribution in [3.63, 3.8) is 0 Å². The molecule has 3 aromatic rings. The van der Waals surface area contributed by atoms with Crippen molar-refractivity contribution in [3.05, 3.63) is 72.3 Å². The highest BCUT2D eigenvalue weighted by Gasteiger charge is 2.19. The standard InChI is InChI=1S/C20H21N7O/c28-20(23-15-16-4-3-8-21-14-16)17-6-7-19(25-24-17)27-12-10-26(11-13-27)18-5-1-2-9-22-18/h1-9,14H,10-13,15H2,(H,23,28). The van der Waals surface area contributed by atoms with E-state index in [1.165, 1.54) is 0 Å². The van der Waals surface area contributed by atoms with Crippen LogP contribution in [0.4, 0.5) is 11.6 Å². The number of piperazine rings is 1. The third-order valence-corrected chi connectivity index (χ3v) is 4.64. The molecule has 8 nitrogen and oxygen atoms in total. The van der Waals surface area contributed by atoms with Crippen molar-refractivity contribution in [2.45, 2.75) is 6.54 Å². The first kappa shape index (κ1) is 17.8. The fraction of sp³-hybridized carbons (Fsp3) is 0.250. The van der Waals surface area contributed by atoms with E-state index in [-0.39, 0.29) is 5.91 Å². The summed E-state index contributed by atoms with van der Waals surface area (Å²) in [6.07, 6.45) is 5.23. The molecule has 1 N–H and O–H groups in total. The zero-order valence-electron chi connectivity index (χ0n) is 15.4. The highest BCUT2D eigenvalue weighted by molar-refractivity contribution is 5.92. The second-order valence-corrected chi connectivity index (χ2v) is 6.48. The van der Waals surface area contributed by atoms with Gasteiger partial charge >= 0.3 is 0 Å². The summed E-state index contributed by atoms with van der Waals surface area (Å²) in [6.45, 7) is 3.80. The molecular formula is C20H21N7O. The zero-order valence-corrected chi connectivity index (χ0v) is 15.4. The molecule has 1 fully saturated rings. The minimum absolute atomic E-state index is 0.247. The first-order chi connectivity index (χ1) is 13.8. The summed E-state index contributed by atoms with van der Waals surface area (Å²) >= 11 is 0. The van der Waals surface area contributed by atoms with Crippen LogP contribution in [0, 0.1) is 0 Å². The van der Waals surface area contributed by atoms with E-state index >= 15 is 0 Å². The van der Waals surface area contributed by atoms with E-state index in [0.29, 0.717) is 12.2 Å². The summed E-state index contributed by atoms with van der Waals surface area (Å²) in [4.78, 5) is 25.1. The number of nitrogens with zero attached hydrogens (tertiary/aromatic N) is 6. The van der Waals surface area contributed by atoms with Crippen LogP contribution < -0.4 is 15.1 Å². The Balaban J connectivity index is 1.31. The highest BCUT2D eigenvalue weighted by Crippen LogP contribution is 2.16. The highest BCUT2D eigenvalue weighted by atomic mass is 16.1. The molecule has 8 heteroatoms. The number of pyridine rings is 2. The van der Waals surface area contributed by atoms with E-state index in [0.717, 1.165) is 43.4 Å². The Labute approximate surface area is 163 Å². The predicted octanol–water partition coefficient (Wildman–Crippen LogP) is 1.52. The van der Waals surface area contributed by atoms with Gasteiger partial charge in [0.25, 0.3) is 5.91 Å². The lowest BCUT2D eigenvalue weighted by Gasteiger charge is -2.35. The van der Waals surface area contributed by atoms with Crippen molar-refractivity contribution in [1.29, 1.82) is 0 Å². The van der Waals surface area contributed by atoms with Crippen molar-refractivity contribution in [1.82, 2.24) is 25.5 Å². The molecule has 0 bridgehead atoms. The van der Waals surface area contributed by atoms with E-state index in [2.05, 4.69) is 35.3 Å². The van der Waals surface area contributed by atoms with Gasteiger partial charge in [0.05, 0.1) is 0 Å². The number of hydrogen-bond donors (Lipinski definition) is 1. The molecule has 3 aromatic heterocycles. The molecular weight excluding hydrogens is 354 g/mol. The Morgan fingerprint density at radius 1 is 0.893 bits per heavy atom. The normalized spacial score (nSPS) is 14.0. The van der Waals surface area contributed by atoms with E-state index in [1.807, 2.05) is 42.6 Å². The monoisotopic (exact) mass is 375 g/mol. The summed E-state index contributed by atoms with van der Waals surface area (Å²) < 4.78 is 0. The Kier molecular flexibility index (Phi) is 5.37. The van der Waals surface area contributed by atoms with E-state index in [4.69, 9.17) is 0 Å². The van der Waals surface area contributed by atoms with Gasteiger partial charge in [0.1, 0.15) is 5.82 Å². The lowest BCUT2D eigenvalue weighted by Crippen LogP contribution is -2.47. The number of carbonyl (C=O) groups excluding carboxylic acids is 1. The predicted molar refractivity (Wildman–Crippen MR) is 106 cm³/mol. The topological polar surface area (TPSA) is 87.1 Å². The third kappa shape index (κ3) is 4.22. The van der Waals surface area contributed by atoms with Gasteiger partial charge in [-0.1, -0.05) is 12.1 Å². The van der Waals surface area contributed by atoms with Gasteiger partial charge in [0.15, 0.2) is 11.5 Å². The molecule has 142 valence electrons. The van der Waals surface area contributed by atoms with E-state index in [9.17, 15) is 4.79 Å². The number of anilines is 2. The molecule has 0 spiro atoms. The van der Waals surface area contributed by atoms with Crippen LogP contribution in [0.1, 0.15) is 16.1 Å². The van der Waals surface area contributed by atoms with Crippen LogP contribution in [0.5, 0.6) is 0 Å². The van der Waals surface area contributed by atoms with E-state index in [1.54, 1.807) is 18.5 Å². The van der Waals surface area contributed by atoms with Crippen molar-refractivity contribution in [2.24, 2.45) is 0 Å². The smallest absolute Gasteiger partial charge is 0.272 e. The average Bonchev–Trinajstić information content (AvgIpc) is 2.79. The lowest BCUT2D eigenvalue weighted by molar-refractivity contribution is 0.0945. The number of amides is 1. The van der Waals surface area contributed by atoms with Crippen LogP contribution in [0.15, 0.2) is 61.1 Å². The summed E-state index contributed by atoms with van der Waals surface area (Å²) in [5.41, 5.74) is 1.24. The Morgan fingerprint density at radius 2 is 1.71 bits per heavy atom. The maximum atomic E-state index is 12.2. The third-order valence-electron chi connectivity index (χ3n) is 4.64. The van der Waals surface area contributed by atoms with Gasteiger partial charge in [-0.2, -0.15) is 0 Å². The number of carbonyl (C=O) groups is 1. The lowest BCUT2D eigenvalue weighted by atomic mass is 10.2. The quantitative estimate of drug-likeness (QED) is 0.723. The molecule has 0 radical (unpaired) electrons. The first-order valence-corrected chi connectivity index (χ1v) is 9.21. The molecule has 28 heavy (non-hydrogen) atoms. The molecule has 4 heterocycles. The van der Waals surface area contributed by atoms with Crippen molar-refractivity contribution >= 4 is 17.5 Å². The Bertz CT molecular complexity index is 895. The van der Waals surface area contributed by atoms with Crippen molar-refractivity contribution in [2.75, 3.05) is 36.0 Å². The van der Waals surface area contributed by atoms with Crippen LogP contribution in [0.3, 0.4) is 0 Å². The summed E-state index contributed by atoms with van der Waals surface area (Å²) in [6, 6.07) is 13.3. The molecule has 1 saturated heterocycles. The summed E-state index contributed by atoms with van der Waals surface area (Å²) in [7, 11) is 0. The molecule has 4 rings (SSSR count). The number of hydrogen-bond acceptors (Lipinski definition) is 7. The van der Waals surface area contributed by atoms with Gasteiger partial charge in [-0.15, -0.1) is 10.2 Å². The fourth-order valence-electron chi connectivity index (χ4n) is 3.10. The van der Waals surface area contributed by atoms with Gasteiger partial charge in [-0.05, 0) is 35.9 Å². The largest absolute Gasteiger partial charge is 0.353 e. The fourth-order valence-corrected chi connectivity index (χ4v) is 3.10. The van der Waals surface area contributed by atoms with Crippen molar-refractivity contribution < 1.29 is 4.79 Å². The van der Waals surface area contributed by atoms with Gasteiger partial charge in [0, 0.05) is 51.3 Å². The molecule has 0 atom stereocenters. The number of rotatable bonds is 5. The molecule has 1 aliphatic rings. The van der Waals surface area contributed by atoms with Gasteiger partial charge < -0.3 is 15.1 Å². The maximum Gasteiger partial charge on any atom is 0.272 e. The minimum Gasteiger partial charge on any atom is -0.353 e. The van der Waals surface area contributed by atoms with Crippen LogP contribution in [-0.2, 0) is 6.54 Å².